The van der Waals surface area contributed by atoms with Gasteiger partial charge in [0.25, 0.3) is 0 Å². The minimum absolute atomic E-state index is 0.131. The van der Waals surface area contributed by atoms with Crippen molar-refractivity contribution in [3.63, 3.8) is 0 Å². The molecule has 0 aliphatic carbocycles. The molecule has 3 rings (SSSR count). The van der Waals surface area contributed by atoms with Crippen molar-refractivity contribution in [1.29, 1.82) is 0 Å². The van der Waals surface area contributed by atoms with Crippen LogP contribution in [0.2, 0.25) is 0 Å². The highest BCUT2D eigenvalue weighted by Gasteiger charge is 2.08. The lowest BCUT2D eigenvalue weighted by Gasteiger charge is -2.02. The Balaban J connectivity index is 1.84. The molecular weight excluding hydrogens is 282 g/mol. The minimum Gasteiger partial charge on any atom is -0.368 e. The maximum absolute atomic E-state index is 5.53. The molecule has 0 amide bonds. The normalized spacial score (nSPS) is 10.9. The fraction of sp³-hybridized carbons (Fsp3) is 0.100. The van der Waals surface area contributed by atoms with E-state index in [0.29, 0.717) is 11.6 Å². The number of rotatable bonds is 3. The predicted octanol–water partition coefficient (Wildman–Crippen LogP) is 1.33. The monoisotopic (exact) mass is 291 g/mol. The summed E-state index contributed by atoms with van der Waals surface area (Å²) < 4.78 is 0. The second-order valence-electron chi connectivity index (χ2n) is 3.57. The highest BCUT2D eigenvalue weighted by Crippen LogP contribution is 2.29. The molecule has 3 heterocycles. The first-order chi connectivity index (χ1) is 9.22. The van der Waals surface area contributed by atoms with Crippen LogP contribution in [0.3, 0.4) is 0 Å². The number of thioether (sulfide) groups is 1. The van der Waals surface area contributed by atoms with E-state index in [4.69, 9.17) is 11.5 Å². The number of thiophene rings is 1. The van der Waals surface area contributed by atoms with Gasteiger partial charge in [0.1, 0.15) is 22.0 Å². The Kier molecular flexibility index (Phi) is 3.13. The summed E-state index contributed by atoms with van der Waals surface area (Å²) in [5.74, 6) is 1.33. The van der Waals surface area contributed by atoms with E-state index in [1.807, 2.05) is 11.4 Å². The van der Waals surface area contributed by atoms with Gasteiger partial charge >= 0.3 is 0 Å². The van der Waals surface area contributed by atoms with Crippen LogP contribution in [-0.2, 0) is 5.75 Å². The molecule has 0 aliphatic rings. The number of fused-ring (bicyclic) bond motifs is 1. The molecule has 0 atom stereocenters. The van der Waals surface area contributed by atoms with E-state index >= 15 is 0 Å². The van der Waals surface area contributed by atoms with Crippen LogP contribution < -0.4 is 11.5 Å². The molecule has 0 saturated carbocycles. The number of nitrogens with two attached hydrogens (primary N) is 2. The van der Waals surface area contributed by atoms with Gasteiger partial charge in [-0.15, -0.1) is 11.3 Å². The van der Waals surface area contributed by atoms with Crippen LogP contribution in [0.5, 0.6) is 0 Å². The van der Waals surface area contributed by atoms with Crippen molar-refractivity contribution >= 4 is 45.2 Å². The van der Waals surface area contributed by atoms with Gasteiger partial charge in [0, 0.05) is 5.39 Å². The first-order valence-electron chi connectivity index (χ1n) is 5.29. The SMILES string of the molecule is Nc1nc(N)nc(CSc2ncnc3sccc23)n1. The van der Waals surface area contributed by atoms with Crippen LogP contribution in [0.15, 0.2) is 22.8 Å². The summed E-state index contributed by atoms with van der Waals surface area (Å²) in [5, 5.41) is 3.92. The maximum Gasteiger partial charge on any atom is 0.225 e. The molecule has 0 bridgehead atoms. The number of hydrogen-bond acceptors (Lipinski definition) is 9. The fourth-order valence-corrected chi connectivity index (χ4v) is 3.17. The lowest BCUT2D eigenvalue weighted by atomic mass is 10.4. The van der Waals surface area contributed by atoms with Gasteiger partial charge in [-0.2, -0.15) is 15.0 Å². The smallest absolute Gasteiger partial charge is 0.225 e. The highest BCUT2D eigenvalue weighted by molar-refractivity contribution is 7.98. The van der Waals surface area contributed by atoms with Crippen LogP contribution in [0.25, 0.3) is 10.2 Å². The van der Waals surface area contributed by atoms with Crippen molar-refractivity contribution in [2.24, 2.45) is 0 Å². The first-order valence-corrected chi connectivity index (χ1v) is 7.16. The van der Waals surface area contributed by atoms with E-state index in [0.717, 1.165) is 15.2 Å². The van der Waals surface area contributed by atoms with Crippen LogP contribution >= 0.6 is 23.1 Å². The first kappa shape index (κ1) is 12.1. The van der Waals surface area contributed by atoms with Gasteiger partial charge in [-0.05, 0) is 11.4 Å². The zero-order valence-corrected chi connectivity index (χ0v) is 11.3. The number of nitrogen functional groups attached to an aromatic ring is 2. The lowest BCUT2D eigenvalue weighted by Crippen LogP contribution is -2.06. The number of nitrogens with zero attached hydrogens (tertiary/aromatic N) is 5. The van der Waals surface area contributed by atoms with E-state index in [1.165, 1.54) is 11.8 Å². The molecule has 9 heteroatoms. The van der Waals surface area contributed by atoms with Gasteiger partial charge in [-0.3, -0.25) is 0 Å². The minimum atomic E-state index is 0.131. The van der Waals surface area contributed by atoms with Gasteiger partial charge in [0.05, 0.1) is 5.75 Å². The fourth-order valence-electron chi connectivity index (χ4n) is 1.54. The lowest BCUT2D eigenvalue weighted by molar-refractivity contribution is 0.985. The molecule has 0 saturated heterocycles. The van der Waals surface area contributed by atoms with Crippen LogP contribution in [-0.4, -0.2) is 24.9 Å². The van der Waals surface area contributed by atoms with Gasteiger partial charge in [0.15, 0.2) is 0 Å². The summed E-state index contributed by atoms with van der Waals surface area (Å²) in [6, 6.07) is 2.00. The Hall–Kier alpha value is -2.00. The molecule has 7 nitrogen and oxygen atoms in total. The van der Waals surface area contributed by atoms with E-state index in [2.05, 4.69) is 24.9 Å². The molecule has 0 radical (unpaired) electrons. The molecule has 0 fully saturated rings. The number of hydrogen-bond donors (Lipinski definition) is 2. The average Bonchev–Trinajstić information content (AvgIpc) is 2.83. The third kappa shape index (κ3) is 2.56. The molecule has 0 aromatic carbocycles. The molecule has 96 valence electrons. The zero-order chi connectivity index (χ0) is 13.2. The van der Waals surface area contributed by atoms with E-state index in [9.17, 15) is 0 Å². The summed E-state index contributed by atoms with van der Waals surface area (Å²) >= 11 is 3.10. The van der Waals surface area contributed by atoms with E-state index in [-0.39, 0.29) is 11.9 Å². The zero-order valence-electron chi connectivity index (χ0n) is 9.65. The van der Waals surface area contributed by atoms with Gasteiger partial charge in [0.2, 0.25) is 11.9 Å². The summed E-state index contributed by atoms with van der Waals surface area (Å²) in [4.78, 5) is 21.2. The quantitative estimate of drug-likeness (QED) is 0.548. The van der Waals surface area contributed by atoms with E-state index < -0.39 is 0 Å². The van der Waals surface area contributed by atoms with Crippen molar-refractivity contribution < 1.29 is 0 Å². The Morgan fingerprint density at radius 2 is 1.89 bits per heavy atom. The summed E-state index contributed by atoms with van der Waals surface area (Å²) in [6.45, 7) is 0. The summed E-state index contributed by atoms with van der Waals surface area (Å²) in [5.41, 5.74) is 11.1. The van der Waals surface area contributed by atoms with Crippen molar-refractivity contribution in [2.75, 3.05) is 11.5 Å². The molecule has 4 N–H and O–H groups in total. The number of aromatic nitrogens is 5. The van der Waals surface area contributed by atoms with Crippen LogP contribution in [0.4, 0.5) is 11.9 Å². The predicted molar refractivity (Wildman–Crippen MR) is 75.6 cm³/mol. The molecule has 0 aliphatic heterocycles. The molecule has 0 spiro atoms. The largest absolute Gasteiger partial charge is 0.368 e. The molecular formula is C10H9N7S2. The third-order valence-corrected chi connectivity index (χ3v) is 4.10. The Morgan fingerprint density at radius 3 is 2.68 bits per heavy atom. The second-order valence-corrected chi connectivity index (χ2v) is 5.43. The van der Waals surface area contributed by atoms with Crippen molar-refractivity contribution in [2.45, 2.75) is 10.8 Å². The Bertz CT molecular complexity index is 706. The van der Waals surface area contributed by atoms with Crippen molar-refractivity contribution in [3.8, 4) is 0 Å². The average molecular weight is 291 g/mol. The summed E-state index contributed by atoms with van der Waals surface area (Å²) in [7, 11) is 0. The molecule has 3 aromatic rings. The Labute approximate surface area is 116 Å². The maximum atomic E-state index is 5.53. The topological polar surface area (TPSA) is 116 Å². The van der Waals surface area contributed by atoms with Crippen molar-refractivity contribution in [3.05, 3.63) is 23.6 Å². The van der Waals surface area contributed by atoms with Crippen LogP contribution in [0.1, 0.15) is 5.82 Å². The number of anilines is 2. The van der Waals surface area contributed by atoms with Gasteiger partial charge in [-0.1, -0.05) is 11.8 Å². The Morgan fingerprint density at radius 1 is 1.11 bits per heavy atom. The molecule has 3 aromatic heterocycles. The van der Waals surface area contributed by atoms with Crippen LogP contribution in [0, 0.1) is 0 Å². The standard InChI is InChI=1S/C10H9N7S2/c11-9-15-6(16-10(12)17-9)3-19-8-5-1-2-18-7(5)13-4-14-8/h1-2,4H,3H2,(H4,11,12,15,16,17). The third-order valence-electron chi connectivity index (χ3n) is 2.28. The molecule has 19 heavy (non-hydrogen) atoms. The van der Waals surface area contributed by atoms with E-state index in [1.54, 1.807) is 17.7 Å². The van der Waals surface area contributed by atoms with Gasteiger partial charge < -0.3 is 11.5 Å². The second kappa shape index (κ2) is 4.94. The van der Waals surface area contributed by atoms with Gasteiger partial charge in [-0.25, -0.2) is 9.97 Å². The summed E-state index contributed by atoms with van der Waals surface area (Å²) in [6.07, 6.45) is 1.55. The van der Waals surface area contributed by atoms with Crippen molar-refractivity contribution in [1.82, 2.24) is 24.9 Å². The highest BCUT2D eigenvalue weighted by atomic mass is 32.2. The molecule has 0 unspecified atom stereocenters.